The van der Waals surface area contributed by atoms with Gasteiger partial charge in [-0.15, -0.1) is 0 Å². The predicted molar refractivity (Wildman–Crippen MR) is 96.5 cm³/mol. The summed E-state index contributed by atoms with van der Waals surface area (Å²) in [5.74, 6) is -1.88. The van der Waals surface area contributed by atoms with Crippen LogP contribution in [0.3, 0.4) is 0 Å². The molecule has 0 spiro atoms. The quantitative estimate of drug-likeness (QED) is 0.811. The molecule has 2 aliphatic rings. The minimum absolute atomic E-state index is 0.00940. The van der Waals surface area contributed by atoms with E-state index in [9.17, 15) is 14.7 Å². The van der Waals surface area contributed by atoms with Gasteiger partial charge in [0.15, 0.2) is 5.82 Å². The minimum atomic E-state index is -0.896. The molecule has 26 heavy (non-hydrogen) atoms. The number of rotatable bonds is 5. The van der Waals surface area contributed by atoms with Gasteiger partial charge in [-0.1, -0.05) is 36.4 Å². The molecule has 1 amide bonds. The van der Waals surface area contributed by atoms with Crippen molar-refractivity contribution < 1.29 is 14.7 Å². The van der Waals surface area contributed by atoms with E-state index in [1.807, 2.05) is 36.5 Å². The van der Waals surface area contributed by atoms with Crippen LogP contribution in [0.4, 0.5) is 5.82 Å². The molecule has 2 aliphatic carbocycles. The first kappa shape index (κ1) is 16.6. The predicted octanol–water partition coefficient (Wildman–Crippen LogP) is 2.70. The van der Waals surface area contributed by atoms with Crippen molar-refractivity contribution in [3.63, 3.8) is 0 Å². The van der Waals surface area contributed by atoms with Gasteiger partial charge in [-0.25, -0.2) is 0 Å². The second kappa shape index (κ2) is 6.44. The van der Waals surface area contributed by atoms with Crippen molar-refractivity contribution in [3.05, 3.63) is 59.8 Å². The highest BCUT2D eigenvalue weighted by Crippen LogP contribution is 2.48. The van der Waals surface area contributed by atoms with Crippen LogP contribution in [0, 0.1) is 30.6 Å². The number of nitrogens with one attached hydrogen (secondary N) is 1. The Bertz CT molecular complexity index is 886. The Kier molecular flexibility index (Phi) is 4.11. The average molecular weight is 351 g/mol. The zero-order valence-electron chi connectivity index (χ0n) is 14.5. The van der Waals surface area contributed by atoms with E-state index in [0.29, 0.717) is 12.4 Å². The monoisotopic (exact) mass is 351 g/mol. The number of hydrogen-bond acceptors (Lipinski definition) is 3. The fraction of sp³-hybridized carbons (Fsp3) is 0.350. The molecule has 2 aromatic rings. The number of allylic oxidation sites excluding steroid dienone is 2. The lowest BCUT2D eigenvalue weighted by molar-refractivity contribution is -0.146. The smallest absolute Gasteiger partial charge is 0.307 e. The molecule has 1 aromatic heterocycles. The number of carbonyl (C=O) groups excluding carboxylic acids is 1. The fourth-order valence-corrected chi connectivity index (χ4v) is 4.20. The third-order valence-corrected chi connectivity index (χ3v) is 5.53. The van der Waals surface area contributed by atoms with Crippen LogP contribution in [-0.2, 0) is 16.1 Å². The van der Waals surface area contributed by atoms with Crippen LogP contribution in [0.1, 0.15) is 17.5 Å². The van der Waals surface area contributed by atoms with Gasteiger partial charge in [0.05, 0.1) is 18.4 Å². The van der Waals surface area contributed by atoms with Crippen LogP contribution >= 0.6 is 0 Å². The molecular formula is C20H21N3O3. The Morgan fingerprint density at radius 2 is 1.92 bits per heavy atom. The number of carboxylic acid groups (broad SMARTS) is 1. The number of amides is 1. The second-order valence-electron chi connectivity index (χ2n) is 7.15. The highest BCUT2D eigenvalue weighted by Gasteiger charge is 2.51. The van der Waals surface area contributed by atoms with Crippen molar-refractivity contribution in [2.24, 2.45) is 23.7 Å². The van der Waals surface area contributed by atoms with E-state index in [4.69, 9.17) is 0 Å². The molecule has 6 heteroatoms. The maximum absolute atomic E-state index is 12.7. The first-order chi connectivity index (χ1) is 12.5. The molecule has 1 heterocycles. The van der Waals surface area contributed by atoms with E-state index >= 15 is 0 Å². The molecule has 1 fully saturated rings. The zero-order chi connectivity index (χ0) is 18.3. The topological polar surface area (TPSA) is 84.2 Å². The minimum Gasteiger partial charge on any atom is -0.481 e. The first-order valence-corrected chi connectivity index (χ1v) is 8.83. The number of fused-ring (bicyclic) bond motifs is 2. The number of aliphatic carboxylic acids is 1. The van der Waals surface area contributed by atoms with Crippen molar-refractivity contribution >= 4 is 17.7 Å². The summed E-state index contributed by atoms with van der Waals surface area (Å²) >= 11 is 0. The number of aromatic nitrogens is 2. The van der Waals surface area contributed by atoms with Crippen LogP contribution in [0.2, 0.25) is 0 Å². The molecule has 0 unspecified atom stereocenters. The van der Waals surface area contributed by atoms with Crippen molar-refractivity contribution in [1.82, 2.24) is 9.78 Å². The summed E-state index contributed by atoms with van der Waals surface area (Å²) in [7, 11) is 0. The van der Waals surface area contributed by atoms with Crippen molar-refractivity contribution in [3.8, 4) is 0 Å². The van der Waals surface area contributed by atoms with Crippen LogP contribution in [-0.4, -0.2) is 26.8 Å². The average Bonchev–Trinajstić information content (AvgIpc) is 3.32. The van der Waals surface area contributed by atoms with Gasteiger partial charge in [0.2, 0.25) is 5.91 Å². The first-order valence-electron chi connectivity index (χ1n) is 8.83. The van der Waals surface area contributed by atoms with Crippen LogP contribution in [0.5, 0.6) is 0 Å². The molecule has 0 saturated heterocycles. The normalized spacial score (nSPS) is 26.2. The summed E-state index contributed by atoms with van der Waals surface area (Å²) < 4.78 is 1.77. The summed E-state index contributed by atoms with van der Waals surface area (Å²) in [6, 6.07) is 9.83. The van der Waals surface area contributed by atoms with Crippen molar-refractivity contribution in [2.75, 3.05) is 5.32 Å². The lowest BCUT2D eigenvalue weighted by Crippen LogP contribution is -2.36. The van der Waals surface area contributed by atoms with E-state index in [2.05, 4.69) is 23.4 Å². The van der Waals surface area contributed by atoms with Crippen molar-refractivity contribution in [2.45, 2.75) is 19.9 Å². The maximum atomic E-state index is 12.7. The summed E-state index contributed by atoms with van der Waals surface area (Å²) in [4.78, 5) is 24.2. The molecular weight excluding hydrogens is 330 g/mol. The Labute approximate surface area is 151 Å². The summed E-state index contributed by atoms with van der Waals surface area (Å²) in [5.41, 5.74) is 2.35. The summed E-state index contributed by atoms with van der Waals surface area (Å²) in [6.07, 6.45) is 6.48. The van der Waals surface area contributed by atoms with E-state index in [1.54, 1.807) is 10.7 Å². The molecule has 0 aliphatic heterocycles. The maximum Gasteiger partial charge on any atom is 0.307 e. The Morgan fingerprint density at radius 3 is 2.65 bits per heavy atom. The van der Waals surface area contributed by atoms with Crippen LogP contribution in [0.15, 0.2) is 48.7 Å². The highest BCUT2D eigenvalue weighted by atomic mass is 16.4. The Morgan fingerprint density at radius 1 is 1.19 bits per heavy atom. The lowest BCUT2D eigenvalue weighted by atomic mass is 9.82. The van der Waals surface area contributed by atoms with Gasteiger partial charge in [-0.2, -0.15) is 5.10 Å². The van der Waals surface area contributed by atoms with E-state index in [1.165, 1.54) is 5.56 Å². The largest absolute Gasteiger partial charge is 0.481 e. The molecule has 134 valence electrons. The molecule has 2 N–H and O–H groups in total. The number of carbonyl (C=O) groups is 2. The number of nitrogens with zero attached hydrogens (tertiary/aromatic N) is 2. The van der Waals surface area contributed by atoms with Gasteiger partial charge >= 0.3 is 5.97 Å². The summed E-state index contributed by atoms with van der Waals surface area (Å²) in [5, 5.41) is 16.7. The number of benzene rings is 1. The molecule has 1 saturated carbocycles. The van der Waals surface area contributed by atoms with Gasteiger partial charge in [-0.05, 0) is 36.3 Å². The number of anilines is 1. The van der Waals surface area contributed by atoms with Crippen LogP contribution in [0.25, 0.3) is 0 Å². The molecule has 4 rings (SSSR count). The molecule has 2 bridgehead atoms. The standard InChI is InChI=1S/C20H21N3O3/c1-12-4-2-3-5-15(12)11-23-9-8-16(22-23)21-19(24)17-13-6-7-14(10-13)18(17)20(25)26/h2-9,13-14,17-18H,10-11H2,1H3,(H,25,26)(H,21,22,24)/t13-,14+,17-,18+/m1/s1. The van der Waals surface area contributed by atoms with Gasteiger partial charge in [0.1, 0.15) is 0 Å². The number of carboxylic acids is 1. The third-order valence-electron chi connectivity index (χ3n) is 5.53. The zero-order valence-corrected chi connectivity index (χ0v) is 14.5. The van der Waals surface area contributed by atoms with E-state index in [0.717, 1.165) is 12.0 Å². The molecule has 4 atom stereocenters. The lowest BCUT2D eigenvalue weighted by Gasteiger charge is -2.23. The van der Waals surface area contributed by atoms with Crippen molar-refractivity contribution in [1.29, 1.82) is 0 Å². The highest BCUT2D eigenvalue weighted by molar-refractivity contribution is 5.95. The summed E-state index contributed by atoms with van der Waals surface area (Å²) in [6.45, 7) is 2.67. The van der Waals surface area contributed by atoms with Gasteiger partial charge in [-0.3, -0.25) is 14.3 Å². The Balaban J connectivity index is 1.46. The third kappa shape index (κ3) is 2.92. The fourth-order valence-electron chi connectivity index (χ4n) is 4.20. The molecule has 1 aromatic carbocycles. The van der Waals surface area contributed by atoms with Gasteiger partial charge in [0.25, 0.3) is 0 Å². The molecule has 0 radical (unpaired) electrons. The Hall–Kier alpha value is -2.89. The van der Waals surface area contributed by atoms with Crippen LogP contribution < -0.4 is 5.32 Å². The number of aryl methyl sites for hydroxylation is 1. The van der Waals surface area contributed by atoms with E-state index in [-0.39, 0.29) is 17.7 Å². The number of hydrogen-bond donors (Lipinski definition) is 2. The van der Waals surface area contributed by atoms with E-state index < -0.39 is 17.8 Å². The SMILES string of the molecule is Cc1ccccc1Cn1ccc(NC(=O)[C@H]2[C@@H](C(=O)O)[C@H]3C=C[C@@H]2C3)n1. The van der Waals surface area contributed by atoms with Gasteiger partial charge in [0, 0.05) is 12.3 Å². The van der Waals surface area contributed by atoms with Gasteiger partial charge < -0.3 is 10.4 Å². The second-order valence-corrected chi connectivity index (χ2v) is 7.15. The molecule has 6 nitrogen and oxygen atoms in total.